The van der Waals surface area contributed by atoms with Crippen molar-refractivity contribution >= 4 is 11.6 Å². The molecule has 0 N–H and O–H groups in total. The molecule has 1 aliphatic rings. The van der Waals surface area contributed by atoms with Gasteiger partial charge in [-0.3, -0.25) is 0 Å². The van der Waals surface area contributed by atoms with Gasteiger partial charge in [0.2, 0.25) is 6.79 Å². The molecule has 2 rings (SSSR count). The molecule has 0 saturated carbocycles. The van der Waals surface area contributed by atoms with Crippen molar-refractivity contribution in [3.05, 3.63) is 22.7 Å². The molecule has 0 fully saturated rings. The zero-order valence-corrected chi connectivity index (χ0v) is 9.39. The lowest BCUT2D eigenvalue weighted by Gasteiger charge is -2.18. The summed E-state index contributed by atoms with van der Waals surface area (Å²) in [5.41, 5.74) is 0.601. The van der Waals surface area contributed by atoms with Gasteiger partial charge < -0.3 is 9.47 Å². The van der Waals surface area contributed by atoms with E-state index < -0.39 is 0 Å². The summed E-state index contributed by atoms with van der Waals surface area (Å²) < 4.78 is 10.5. The van der Waals surface area contributed by atoms with Crippen molar-refractivity contribution in [3.8, 4) is 23.8 Å². The number of hydrogen-bond donors (Lipinski definition) is 0. The maximum absolute atomic E-state index is 6.06. The zero-order valence-electron chi connectivity index (χ0n) is 8.63. The molecule has 78 valence electrons. The Morgan fingerprint density at radius 1 is 1.40 bits per heavy atom. The lowest BCUT2D eigenvalue weighted by Crippen LogP contribution is -2.13. The van der Waals surface area contributed by atoms with Crippen molar-refractivity contribution in [2.45, 2.75) is 19.3 Å². The predicted octanol–water partition coefficient (Wildman–Crippen LogP) is 2.98. The fourth-order valence-electron chi connectivity index (χ4n) is 1.41. The van der Waals surface area contributed by atoms with Crippen molar-refractivity contribution in [2.75, 3.05) is 6.79 Å². The predicted molar refractivity (Wildman–Crippen MR) is 59.4 cm³/mol. The minimum Gasteiger partial charge on any atom is -0.454 e. The highest BCUT2D eigenvalue weighted by atomic mass is 35.5. The van der Waals surface area contributed by atoms with Crippen LogP contribution in [-0.2, 0) is 5.41 Å². The first-order chi connectivity index (χ1) is 7.04. The Balaban J connectivity index is 2.54. The number of benzene rings is 1. The molecule has 0 bridgehead atoms. The van der Waals surface area contributed by atoms with Gasteiger partial charge in [0.15, 0.2) is 11.5 Å². The van der Waals surface area contributed by atoms with E-state index in [9.17, 15) is 0 Å². The fraction of sp³-hybridized carbons (Fsp3) is 0.333. The molecule has 1 aromatic carbocycles. The SMILES string of the molecule is C#CC(C)(C)c1cc(Cl)c2c(c1)OCO2. The third-order valence-corrected chi connectivity index (χ3v) is 2.79. The van der Waals surface area contributed by atoms with Crippen molar-refractivity contribution in [1.29, 1.82) is 0 Å². The van der Waals surface area contributed by atoms with Crippen LogP contribution in [0.15, 0.2) is 12.1 Å². The van der Waals surface area contributed by atoms with Gasteiger partial charge >= 0.3 is 0 Å². The van der Waals surface area contributed by atoms with Crippen LogP contribution in [0.3, 0.4) is 0 Å². The van der Waals surface area contributed by atoms with Gasteiger partial charge in [0.05, 0.1) is 10.4 Å². The summed E-state index contributed by atoms with van der Waals surface area (Å²) in [4.78, 5) is 0. The van der Waals surface area contributed by atoms with E-state index in [-0.39, 0.29) is 12.2 Å². The van der Waals surface area contributed by atoms with Gasteiger partial charge in [-0.05, 0) is 31.5 Å². The third kappa shape index (κ3) is 1.64. The number of fused-ring (bicyclic) bond motifs is 1. The molecule has 15 heavy (non-hydrogen) atoms. The van der Waals surface area contributed by atoms with Crippen LogP contribution < -0.4 is 9.47 Å². The second-order valence-electron chi connectivity index (χ2n) is 3.96. The average molecular weight is 223 g/mol. The van der Waals surface area contributed by atoms with Gasteiger partial charge in [-0.2, -0.15) is 0 Å². The first-order valence-electron chi connectivity index (χ1n) is 4.62. The molecule has 0 radical (unpaired) electrons. The minimum atomic E-state index is -0.357. The molecule has 0 aliphatic carbocycles. The van der Waals surface area contributed by atoms with E-state index in [1.165, 1.54) is 0 Å². The standard InChI is InChI=1S/C12H11ClO2/c1-4-12(2,3)8-5-9(13)11-10(6-8)14-7-15-11/h1,5-6H,7H2,2-3H3. The molecule has 1 aromatic rings. The van der Waals surface area contributed by atoms with Crippen LogP contribution >= 0.6 is 11.6 Å². The summed E-state index contributed by atoms with van der Waals surface area (Å²) in [5.74, 6) is 3.99. The van der Waals surface area contributed by atoms with Crippen LogP contribution in [0.5, 0.6) is 11.5 Å². The fourth-order valence-corrected chi connectivity index (χ4v) is 1.68. The van der Waals surface area contributed by atoms with E-state index in [1.54, 1.807) is 0 Å². The van der Waals surface area contributed by atoms with Crippen molar-refractivity contribution in [3.63, 3.8) is 0 Å². The van der Waals surface area contributed by atoms with Gasteiger partial charge in [0, 0.05) is 0 Å². The van der Waals surface area contributed by atoms with Crippen LogP contribution in [0.25, 0.3) is 0 Å². The van der Waals surface area contributed by atoms with E-state index >= 15 is 0 Å². The Bertz CT molecular complexity index is 444. The minimum absolute atomic E-state index is 0.217. The van der Waals surface area contributed by atoms with Crippen molar-refractivity contribution < 1.29 is 9.47 Å². The van der Waals surface area contributed by atoms with Crippen LogP contribution in [0, 0.1) is 12.3 Å². The number of ether oxygens (including phenoxy) is 2. The van der Waals surface area contributed by atoms with E-state index in [1.807, 2.05) is 26.0 Å². The first kappa shape index (κ1) is 10.2. The Morgan fingerprint density at radius 2 is 2.13 bits per heavy atom. The highest BCUT2D eigenvalue weighted by Crippen LogP contribution is 2.42. The number of halogens is 1. The average Bonchev–Trinajstić information content (AvgIpc) is 2.66. The summed E-state index contributed by atoms with van der Waals surface area (Å²) in [6.45, 7) is 4.14. The molecule has 0 aromatic heterocycles. The summed E-state index contributed by atoms with van der Waals surface area (Å²) in [7, 11) is 0. The summed E-state index contributed by atoms with van der Waals surface area (Å²) in [6.07, 6.45) is 5.47. The first-order valence-corrected chi connectivity index (χ1v) is 5.00. The Kier molecular flexibility index (Phi) is 2.28. The third-order valence-electron chi connectivity index (χ3n) is 2.51. The van der Waals surface area contributed by atoms with Crippen LogP contribution in [0.4, 0.5) is 0 Å². The second kappa shape index (κ2) is 3.36. The van der Waals surface area contributed by atoms with E-state index in [2.05, 4.69) is 5.92 Å². The van der Waals surface area contributed by atoms with Crippen molar-refractivity contribution in [1.82, 2.24) is 0 Å². The summed E-state index contributed by atoms with van der Waals surface area (Å²) in [6, 6.07) is 3.71. The lowest BCUT2D eigenvalue weighted by molar-refractivity contribution is 0.174. The summed E-state index contributed by atoms with van der Waals surface area (Å²) >= 11 is 6.06. The lowest BCUT2D eigenvalue weighted by atomic mass is 9.85. The molecule has 0 atom stereocenters. The number of hydrogen-bond acceptors (Lipinski definition) is 2. The van der Waals surface area contributed by atoms with Gasteiger partial charge in [0.1, 0.15) is 0 Å². The van der Waals surface area contributed by atoms with E-state index in [0.717, 1.165) is 5.56 Å². The van der Waals surface area contributed by atoms with Gasteiger partial charge in [-0.25, -0.2) is 0 Å². The summed E-state index contributed by atoms with van der Waals surface area (Å²) in [5, 5.41) is 0.545. The maximum Gasteiger partial charge on any atom is 0.231 e. The topological polar surface area (TPSA) is 18.5 Å². The zero-order chi connectivity index (χ0) is 11.1. The number of rotatable bonds is 1. The van der Waals surface area contributed by atoms with Crippen LogP contribution in [0.2, 0.25) is 5.02 Å². The van der Waals surface area contributed by atoms with Gasteiger partial charge in [-0.15, -0.1) is 6.42 Å². The van der Waals surface area contributed by atoms with E-state index in [0.29, 0.717) is 16.5 Å². The molecule has 0 amide bonds. The molecular weight excluding hydrogens is 212 g/mol. The quantitative estimate of drug-likeness (QED) is 0.681. The Morgan fingerprint density at radius 3 is 2.80 bits per heavy atom. The maximum atomic E-state index is 6.06. The van der Waals surface area contributed by atoms with Gasteiger partial charge in [0.25, 0.3) is 0 Å². The Labute approximate surface area is 94.1 Å². The van der Waals surface area contributed by atoms with Gasteiger partial charge in [-0.1, -0.05) is 17.5 Å². The van der Waals surface area contributed by atoms with Crippen LogP contribution in [-0.4, -0.2) is 6.79 Å². The molecule has 1 heterocycles. The normalized spacial score (nSPS) is 13.7. The number of terminal acetylenes is 1. The highest BCUT2D eigenvalue weighted by Gasteiger charge is 2.24. The van der Waals surface area contributed by atoms with Crippen LogP contribution in [0.1, 0.15) is 19.4 Å². The molecule has 0 unspecified atom stereocenters. The Hall–Kier alpha value is -1.33. The molecule has 0 spiro atoms. The smallest absolute Gasteiger partial charge is 0.231 e. The monoisotopic (exact) mass is 222 g/mol. The highest BCUT2D eigenvalue weighted by molar-refractivity contribution is 6.32. The molecular formula is C12H11ClO2. The van der Waals surface area contributed by atoms with Crippen molar-refractivity contribution in [2.24, 2.45) is 0 Å². The molecule has 1 aliphatic heterocycles. The largest absolute Gasteiger partial charge is 0.454 e. The molecule has 2 nitrogen and oxygen atoms in total. The molecule has 3 heteroatoms. The second-order valence-corrected chi connectivity index (χ2v) is 4.37. The molecule has 0 saturated heterocycles. The van der Waals surface area contributed by atoms with E-state index in [4.69, 9.17) is 27.5 Å².